The molecule has 0 aromatic carbocycles. The molecular weight excluding hydrogens is 315 g/mol. The lowest BCUT2D eigenvalue weighted by molar-refractivity contribution is -0.156. The van der Waals surface area contributed by atoms with Crippen molar-refractivity contribution in [3.8, 4) is 12.0 Å². The van der Waals surface area contributed by atoms with E-state index in [9.17, 15) is 18.8 Å². The number of Topliss-reactive ketones (excluding diaryl/α,β-unsaturated/α-hetero) is 1. The molecule has 1 rings (SSSR count). The summed E-state index contributed by atoms with van der Waals surface area (Å²) in [6.45, 7) is 3.99. The molecule has 0 saturated heterocycles. The van der Waals surface area contributed by atoms with Crippen LogP contribution >= 0.6 is 0 Å². The Labute approximate surface area is 140 Å². The van der Waals surface area contributed by atoms with Crippen molar-refractivity contribution in [1.29, 1.82) is 0 Å². The van der Waals surface area contributed by atoms with Gasteiger partial charge < -0.3 is 14.6 Å². The number of rotatable bonds is 6. The van der Waals surface area contributed by atoms with Crippen molar-refractivity contribution in [2.24, 2.45) is 0 Å². The molecule has 24 heavy (non-hydrogen) atoms. The van der Waals surface area contributed by atoms with Crippen molar-refractivity contribution in [2.45, 2.75) is 45.4 Å². The largest absolute Gasteiger partial charge is 0.460 e. The fourth-order valence-corrected chi connectivity index (χ4v) is 1.74. The van der Waals surface area contributed by atoms with Gasteiger partial charge in [-0.25, -0.2) is 4.39 Å². The van der Waals surface area contributed by atoms with Crippen LogP contribution in [0.3, 0.4) is 0 Å². The van der Waals surface area contributed by atoms with Crippen LogP contribution in [0.1, 0.15) is 27.2 Å². The topological polar surface area (TPSA) is 77.4 Å². The van der Waals surface area contributed by atoms with Gasteiger partial charge in [0.25, 0.3) is 5.56 Å². The van der Waals surface area contributed by atoms with Gasteiger partial charge >= 0.3 is 5.97 Å². The number of pyridine rings is 1. The monoisotopic (exact) mass is 336 g/mol. The lowest BCUT2D eigenvalue weighted by atomic mass is 10.1. The summed E-state index contributed by atoms with van der Waals surface area (Å²) in [4.78, 5) is 34.8. The number of nitrogens with one attached hydrogen (secondary N) is 1. The summed E-state index contributed by atoms with van der Waals surface area (Å²) in [6.07, 6.45) is 1.25. The predicted molar refractivity (Wildman–Crippen MR) is 86.8 cm³/mol. The Morgan fingerprint density at radius 2 is 2.08 bits per heavy atom. The van der Waals surface area contributed by atoms with Crippen LogP contribution in [-0.4, -0.2) is 34.6 Å². The van der Waals surface area contributed by atoms with E-state index in [2.05, 4.69) is 17.3 Å². The van der Waals surface area contributed by atoms with Crippen molar-refractivity contribution >= 4 is 11.8 Å². The first-order valence-electron chi connectivity index (χ1n) is 7.42. The van der Waals surface area contributed by atoms with Gasteiger partial charge in [0.1, 0.15) is 18.3 Å². The molecule has 0 aliphatic carbocycles. The molecule has 0 bridgehead atoms. The molecule has 0 radical (unpaired) electrons. The summed E-state index contributed by atoms with van der Waals surface area (Å²) in [7, 11) is 0. The number of ether oxygens (including phenoxy) is 1. The van der Waals surface area contributed by atoms with Gasteiger partial charge in [-0.15, -0.1) is 0 Å². The van der Waals surface area contributed by atoms with Gasteiger partial charge in [0.15, 0.2) is 5.78 Å². The number of aromatic nitrogens is 1. The Morgan fingerprint density at radius 3 is 2.67 bits per heavy atom. The maximum Gasteiger partial charge on any atom is 0.308 e. The standard InChI is InChI=1S/C17H21FN2O4/c1-17(2,3)24-16(23)11-13(14(21)12-18)19-8-6-10-20-9-5-4-7-15(20)22/h4-5,7,9,13,19H,10-12H2,1-3H3/t13-/m0/s1. The highest BCUT2D eigenvalue weighted by Gasteiger charge is 2.24. The molecule has 0 spiro atoms. The number of alkyl halides is 1. The van der Waals surface area contributed by atoms with E-state index < -0.39 is 30.1 Å². The van der Waals surface area contributed by atoms with Crippen molar-refractivity contribution in [3.63, 3.8) is 0 Å². The normalized spacial score (nSPS) is 11.8. The van der Waals surface area contributed by atoms with Gasteiger partial charge in [0.05, 0.1) is 13.0 Å². The van der Waals surface area contributed by atoms with Crippen molar-refractivity contribution in [1.82, 2.24) is 9.88 Å². The highest BCUT2D eigenvalue weighted by molar-refractivity contribution is 5.89. The quantitative estimate of drug-likeness (QED) is 0.477. The summed E-state index contributed by atoms with van der Waals surface area (Å²) in [5.41, 5.74) is -0.905. The first kappa shape index (κ1) is 19.4. The zero-order valence-electron chi connectivity index (χ0n) is 14.0. The van der Waals surface area contributed by atoms with Crippen LogP contribution in [0.15, 0.2) is 29.2 Å². The summed E-state index contributed by atoms with van der Waals surface area (Å²) in [5.74, 6) is 1.24. The number of ketones is 1. The van der Waals surface area contributed by atoms with Crippen LogP contribution < -0.4 is 10.9 Å². The molecular formula is C17H21FN2O4. The van der Waals surface area contributed by atoms with Crippen molar-refractivity contribution < 1.29 is 18.7 Å². The second kappa shape index (κ2) is 8.87. The number of hydrogen-bond acceptors (Lipinski definition) is 5. The van der Waals surface area contributed by atoms with E-state index in [0.717, 1.165) is 0 Å². The number of carbonyl (C=O) groups excluding carboxylic acids is 2. The molecule has 1 aromatic heterocycles. The van der Waals surface area contributed by atoms with E-state index in [4.69, 9.17) is 4.74 Å². The Kier molecular flexibility index (Phi) is 7.18. The second-order valence-corrected chi connectivity index (χ2v) is 6.06. The fourth-order valence-electron chi connectivity index (χ4n) is 1.74. The van der Waals surface area contributed by atoms with Crippen LogP contribution in [0.2, 0.25) is 0 Å². The van der Waals surface area contributed by atoms with Crippen LogP contribution in [0.4, 0.5) is 4.39 Å². The minimum Gasteiger partial charge on any atom is -0.460 e. The average molecular weight is 336 g/mol. The summed E-state index contributed by atoms with van der Waals surface area (Å²) < 4.78 is 19.1. The van der Waals surface area contributed by atoms with E-state index in [1.165, 1.54) is 10.6 Å². The molecule has 0 saturated carbocycles. The van der Waals surface area contributed by atoms with Gasteiger partial charge in [-0.2, -0.15) is 0 Å². The van der Waals surface area contributed by atoms with E-state index >= 15 is 0 Å². The molecule has 0 aliphatic heterocycles. The maximum absolute atomic E-state index is 12.6. The molecule has 1 atom stereocenters. The van der Waals surface area contributed by atoms with Crippen molar-refractivity contribution in [3.05, 3.63) is 34.7 Å². The third-order valence-corrected chi connectivity index (χ3v) is 2.79. The second-order valence-electron chi connectivity index (χ2n) is 6.06. The van der Waals surface area contributed by atoms with Gasteiger partial charge in [0, 0.05) is 18.3 Å². The first-order valence-corrected chi connectivity index (χ1v) is 7.42. The molecule has 6 nitrogen and oxygen atoms in total. The summed E-state index contributed by atoms with van der Waals surface area (Å²) in [6, 6.07) is 6.09. The predicted octanol–water partition coefficient (Wildman–Crippen LogP) is 1.04. The van der Waals surface area contributed by atoms with E-state index in [1.54, 1.807) is 39.1 Å². The molecule has 0 amide bonds. The zero-order valence-corrected chi connectivity index (χ0v) is 14.0. The Hall–Kier alpha value is -2.62. The third kappa shape index (κ3) is 7.09. The minimum absolute atomic E-state index is 0.107. The number of halogens is 1. The fraction of sp³-hybridized carbons (Fsp3) is 0.471. The Balaban J connectivity index is 2.66. The zero-order chi connectivity index (χ0) is 18.2. The number of esters is 1. The Bertz CT molecular complexity index is 695. The van der Waals surface area contributed by atoms with Gasteiger partial charge in [0.2, 0.25) is 0 Å². The number of nitrogens with zero attached hydrogens (tertiary/aromatic N) is 1. The van der Waals surface area contributed by atoms with E-state index in [-0.39, 0.29) is 18.5 Å². The number of hydrogen-bond donors (Lipinski definition) is 1. The lowest BCUT2D eigenvalue weighted by Crippen LogP contribution is -2.38. The Morgan fingerprint density at radius 1 is 1.38 bits per heavy atom. The van der Waals surface area contributed by atoms with Gasteiger partial charge in [-0.1, -0.05) is 12.0 Å². The van der Waals surface area contributed by atoms with Crippen LogP contribution in [0, 0.1) is 12.0 Å². The maximum atomic E-state index is 12.6. The van der Waals surface area contributed by atoms with Gasteiger partial charge in [-0.05, 0) is 26.8 Å². The molecule has 1 heterocycles. The minimum atomic E-state index is -1.21. The summed E-state index contributed by atoms with van der Waals surface area (Å²) in [5, 5.41) is 2.51. The third-order valence-electron chi connectivity index (χ3n) is 2.79. The molecule has 130 valence electrons. The van der Waals surface area contributed by atoms with E-state index in [0.29, 0.717) is 0 Å². The number of carbonyl (C=O) groups is 2. The highest BCUT2D eigenvalue weighted by atomic mass is 19.1. The molecule has 0 aliphatic rings. The van der Waals surface area contributed by atoms with Crippen LogP contribution in [0.5, 0.6) is 0 Å². The van der Waals surface area contributed by atoms with Gasteiger partial charge in [-0.3, -0.25) is 14.4 Å². The molecule has 7 heteroatoms. The molecule has 0 unspecified atom stereocenters. The lowest BCUT2D eigenvalue weighted by Gasteiger charge is -2.21. The van der Waals surface area contributed by atoms with E-state index in [1.807, 2.05) is 0 Å². The molecule has 0 fully saturated rings. The molecule has 1 N–H and O–H groups in total. The summed E-state index contributed by atoms with van der Waals surface area (Å²) >= 11 is 0. The smallest absolute Gasteiger partial charge is 0.308 e. The SMILES string of the molecule is CC(C)(C)OC(=O)C[C@H](NC#CCn1ccccc1=O)C(=O)CF. The molecule has 1 aromatic rings. The first-order chi connectivity index (χ1) is 11.2. The highest BCUT2D eigenvalue weighted by Crippen LogP contribution is 2.09. The van der Waals surface area contributed by atoms with Crippen LogP contribution in [0.25, 0.3) is 0 Å². The average Bonchev–Trinajstić information content (AvgIpc) is 2.49. The van der Waals surface area contributed by atoms with Crippen molar-refractivity contribution in [2.75, 3.05) is 6.67 Å². The van der Waals surface area contributed by atoms with Crippen LogP contribution in [-0.2, 0) is 20.9 Å².